The third kappa shape index (κ3) is 3.86. The van der Waals surface area contributed by atoms with E-state index in [9.17, 15) is 14.0 Å². The minimum Gasteiger partial charge on any atom is -0.497 e. The molecule has 3 N–H and O–H groups in total. The second kappa shape index (κ2) is 7.47. The fraction of sp³-hybridized carbons (Fsp3) is 0.0556. The van der Waals surface area contributed by atoms with Crippen molar-refractivity contribution in [2.75, 3.05) is 7.11 Å². The number of ether oxygens (including phenoxy) is 1. The van der Waals surface area contributed by atoms with E-state index in [4.69, 9.17) is 4.74 Å². The molecule has 1 heterocycles. The van der Waals surface area contributed by atoms with E-state index in [2.05, 4.69) is 21.0 Å². The van der Waals surface area contributed by atoms with Gasteiger partial charge in [-0.25, -0.2) is 4.39 Å². The predicted octanol–water partition coefficient (Wildman–Crippen LogP) is 2.30. The number of hydrogen-bond acceptors (Lipinski definition) is 4. The zero-order valence-corrected chi connectivity index (χ0v) is 13.7. The topological polar surface area (TPSA) is 96.1 Å². The average molecular weight is 354 g/mol. The quantitative estimate of drug-likeness (QED) is 0.627. The monoisotopic (exact) mass is 354 g/mol. The Bertz CT molecular complexity index is 938. The van der Waals surface area contributed by atoms with E-state index >= 15 is 0 Å². The second-order valence-corrected chi connectivity index (χ2v) is 5.31. The molecule has 0 unspecified atom stereocenters. The number of hydrogen-bond donors (Lipinski definition) is 3. The maximum atomic E-state index is 13.1. The Morgan fingerprint density at radius 2 is 1.77 bits per heavy atom. The number of aromatic amines is 1. The number of rotatable bonds is 4. The van der Waals surface area contributed by atoms with Gasteiger partial charge in [0.15, 0.2) is 0 Å². The van der Waals surface area contributed by atoms with Crippen molar-refractivity contribution in [3.63, 3.8) is 0 Å². The van der Waals surface area contributed by atoms with Gasteiger partial charge in [-0.3, -0.25) is 25.5 Å². The lowest BCUT2D eigenvalue weighted by Gasteiger charge is -2.06. The molecule has 7 nitrogen and oxygen atoms in total. The van der Waals surface area contributed by atoms with Gasteiger partial charge in [-0.2, -0.15) is 5.10 Å². The van der Waals surface area contributed by atoms with E-state index in [-0.39, 0.29) is 11.3 Å². The molecule has 132 valence electrons. The molecule has 0 radical (unpaired) electrons. The van der Waals surface area contributed by atoms with E-state index in [1.54, 1.807) is 25.3 Å². The molecular formula is C18H15FN4O3. The number of carbonyl (C=O) groups excluding carboxylic acids is 2. The first-order chi connectivity index (χ1) is 12.6. The second-order valence-electron chi connectivity index (χ2n) is 5.31. The van der Waals surface area contributed by atoms with Crippen LogP contribution in [0.3, 0.4) is 0 Å². The highest BCUT2D eigenvalue weighted by Gasteiger charge is 2.13. The predicted molar refractivity (Wildman–Crippen MR) is 91.9 cm³/mol. The van der Waals surface area contributed by atoms with Crippen molar-refractivity contribution in [3.8, 4) is 17.0 Å². The summed E-state index contributed by atoms with van der Waals surface area (Å²) >= 11 is 0. The molecule has 0 atom stereocenters. The van der Waals surface area contributed by atoms with Crippen LogP contribution in [0.1, 0.15) is 20.8 Å². The first-order valence-electron chi connectivity index (χ1n) is 7.63. The number of hydrazine groups is 1. The third-order valence-electron chi connectivity index (χ3n) is 3.58. The fourth-order valence-corrected chi connectivity index (χ4v) is 2.23. The van der Waals surface area contributed by atoms with Crippen molar-refractivity contribution in [3.05, 3.63) is 71.7 Å². The van der Waals surface area contributed by atoms with Crippen LogP contribution in [-0.4, -0.2) is 29.1 Å². The molecule has 2 aromatic carbocycles. The Morgan fingerprint density at radius 1 is 1.04 bits per heavy atom. The number of benzene rings is 2. The molecule has 0 saturated carbocycles. The maximum absolute atomic E-state index is 13.1. The molecular weight excluding hydrogens is 339 g/mol. The molecule has 0 fully saturated rings. The summed E-state index contributed by atoms with van der Waals surface area (Å²) in [6, 6.07) is 13.9. The van der Waals surface area contributed by atoms with E-state index in [1.165, 1.54) is 18.2 Å². The van der Waals surface area contributed by atoms with Crippen LogP contribution in [-0.2, 0) is 0 Å². The summed E-state index contributed by atoms with van der Waals surface area (Å²) in [7, 11) is 1.57. The normalized spacial score (nSPS) is 10.2. The van der Waals surface area contributed by atoms with Crippen LogP contribution in [0, 0.1) is 5.82 Å². The largest absolute Gasteiger partial charge is 0.497 e. The number of amides is 2. The lowest BCUT2D eigenvalue weighted by Crippen LogP contribution is -2.41. The SMILES string of the molecule is COc1ccc(-c2cc(C(=O)NNC(=O)c3cccc(F)c3)[nH]n2)cc1. The van der Waals surface area contributed by atoms with Gasteiger partial charge < -0.3 is 4.74 Å². The molecule has 0 aliphatic rings. The first-order valence-corrected chi connectivity index (χ1v) is 7.63. The molecule has 3 aromatic rings. The van der Waals surface area contributed by atoms with Gasteiger partial charge in [0.25, 0.3) is 11.8 Å². The van der Waals surface area contributed by atoms with Gasteiger partial charge >= 0.3 is 0 Å². The molecule has 0 bridgehead atoms. The highest BCUT2D eigenvalue weighted by Crippen LogP contribution is 2.21. The van der Waals surface area contributed by atoms with Gasteiger partial charge in [-0.05, 0) is 48.5 Å². The van der Waals surface area contributed by atoms with Crippen molar-refractivity contribution in [2.24, 2.45) is 0 Å². The number of halogens is 1. The number of nitrogens with zero attached hydrogens (tertiary/aromatic N) is 1. The lowest BCUT2D eigenvalue weighted by atomic mass is 10.1. The zero-order chi connectivity index (χ0) is 18.5. The van der Waals surface area contributed by atoms with Crippen LogP contribution in [0.2, 0.25) is 0 Å². The molecule has 8 heteroatoms. The van der Waals surface area contributed by atoms with Crippen molar-refractivity contribution in [2.45, 2.75) is 0 Å². The van der Waals surface area contributed by atoms with Gasteiger partial charge in [0.1, 0.15) is 17.3 Å². The van der Waals surface area contributed by atoms with Crippen molar-refractivity contribution in [1.82, 2.24) is 21.0 Å². The van der Waals surface area contributed by atoms with Gasteiger partial charge in [0.05, 0.1) is 12.8 Å². The Morgan fingerprint density at radius 3 is 2.46 bits per heavy atom. The summed E-state index contributed by atoms with van der Waals surface area (Å²) in [5, 5.41) is 6.67. The molecule has 3 rings (SSSR count). The summed E-state index contributed by atoms with van der Waals surface area (Å²) in [5.41, 5.74) is 6.08. The van der Waals surface area contributed by atoms with Gasteiger partial charge in [0.2, 0.25) is 0 Å². The van der Waals surface area contributed by atoms with Crippen LogP contribution < -0.4 is 15.6 Å². The highest BCUT2D eigenvalue weighted by molar-refractivity contribution is 5.98. The van der Waals surface area contributed by atoms with Crippen LogP contribution in [0.4, 0.5) is 4.39 Å². The third-order valence-corrected chi connectivity index (χ3v) is 3.58. The Labute approximate surface area is 148 Å². The standard InChI is InChI=1S/C18H15FN4O3/c1-26-14-7-5-11(6-8-14)15-10-16(21-20-15)18(25)23-22-17(24)12-3-2-4-13(19)9-12/h2-10H,1H3,(H,20,21)(H,22,24)(H,23,25). The molecule has 1 aromatic heterocycles. The Balaban J connectivity index is 1.63. The maximum Gasteiger partial charge on any atom is 0.287 e. The molecule has 26 heavy (non-hydrogen) atoms. The van der Waals surface area contributed by atoms with Gasteiger partial charge in [0, 0.05) is 11.1 Å². The number of aromatic nitrogens is 2. The number of nitrogens with one attached hydrogen (secondary N) is 3. The average Bonchev–Trinajstić information content (AvgIpc) is 3.16. The van der Waals surface area contributed by atoms with Crippen LogP contribution >= 0.6 is 0 Å². The summed E-state index contributed by atoms with van der Waals surface area (Å²) in [6.45, 7) is 0. The molecule has 0 saturated heterocycles. The summed E-state index contributed by atoms with van der Waals surface area (Å²) < 4.78 is 18.2. The molecule has 0 aliphatic heterocycles. The van der Waals surface area contributed by atoms with E-state index in [1.807, 2.05) is 12.1 Å². The van der Waals surface area contributed by atoms with Crippen molar-refractivity contribution < 1.29 is 18.7 Å². The fourth-order valence-electron chi connectivity index (χ4n) is 2.23. The Hall–Kier alpha value is -3.68. The summed E-state index contributed by atoms with van der Waals surface area (Å²) in [5.74, 6) is -1.04. The zero-order valence-electron chi connectivity index (χ0n) is 13.7. The van der Waals surface area contributed by atoms with Gasteiger partial charge in [-0.15, -0.1) is 0 Å². The van der Waals surface area contributed by atoms with Crippen molar-refractivity contribution >= 4 is 11.8 Å². The van der Waals surface area contributed by atoms with Gasteiger partial charge in [-0.1, -0.05) is 6.07 Å². The van der Waals surface area contributed by atoms with E-state index < -0.39 is 17.6 Å². The number of H-pyrrole nitrogens is 1. The first kappa shape index (κ1) is 17.2. The smallest absolute Gasteiger partial charge is 0.287 e. The van der Waals surface area contributed by atoms with Crippen LogP contribution in [0.5, 0.6) is 5.75 Å². The number of carbonyl (C=O) groups is 2. The minimum absolute atomic E-state index is 0.0915. The summed E-state index contributed by atoms with van der Waals surface area (Å²) in [6.07, 6.45) is 0. The molecule has 0 spiro atoms. The minimum atomic E-state index is -0.632. The molecule has 0 aliphatic carbocycles. The molecule has 2 amide bonds. The Kier molecular flexibility index (Phi) is 4.93. The van der Waals surface area contributed by atoms with Crippen LogP contribution in [0.15, 0.2) is 54.6 Å². The highest BCUT2D eigenvalue weighted by atomic mass is 19.1. The van der Waals surface area contributed by atoms with Crippen molar-refractivity contribution in [1.29, 1.82) is 0 Å². The lowest BCUT2D eigenvalue weighted by molar-refractivity contribution is 0.0843. The van der Waals surface area contributed by atoms with Crippen LogP contribution in [0.25, 0.3) is 11.3 Å². The van der Waals surface area contributed by atoms with E-state index in [0.717, 1.165) is 11.6 Å². The summed E-state index contributed by atoms with van der Waals surface area (Å²) in [4.78, 5) is 24.0. The van der Waals surface area contributed by atoms with E-state index in [0.29, 0.717) is 11.4 Å². The number of methoxy groups -OCH3 is 1.